The maximum atomic E-state index is 5.33. The second kappa shape index (κ2) is 7.86. The van der Waals surface area contributed by atoms with Crippen LogP contribution in [0.1, 0.15) is 40.5 Å². The molecule has 6 nitrogen and oxygen atoms in total. The van der Waals surface area contributed by atoms with Gasteiger partial charge in [0.2, 0.25) is 0 Å². The first-order valence-electron chi connectivity index (χ1n) is 13.4. The van der Waals surface area contributed by atoms with E-state index in [0.29, 0.717) is 23.7 Å². The molecule has 0 aliphatic carbocycles. The standard InChI is InChI=1S/C26H44N6/c1-19(2)9-25-15-29-5-6-30(16-25)12-21(11-29)23(25)27-28-24-22-13-31-7-8-32(14-22)18-26(24,17-31)10-20(3)4/h19-22H,5-18H2,1-4H3/b27-23-,28-24-. The molecular weight excluding hydrogens is 396 g/mol. The third-order valence-corrected chi connectivity index (χ3v) is 9.21. The Kier molecular flexibility index (Phi) is 5.33. The Hall–Kier alpha value is -0.820. The highest BCUT2D eigenvalue weighted by atomic mass is 15.3. The van der Waals surface area contributed by atoms with Gasteiger partial charge in [0, 0.05) is 101 Å². The summed E-state index contributed by atoms with van der Waals surface area (Å²) in [6.45, 7) is 24.1. The first-order valence-corrected chi connectivity index (χ1v) is 13.4. The summed E-state index contributed by atoms with van der Waals surface area (Å²) in [6, 6.07) is 0. The lowest BCUT2D eigenvalue weighted by Gasteiger charge is -2.52. The molecule has 8 bridgehead atoms. The van der Waals surface area contributed by atoms with Crippen molar-refractivity contribution in [2.24, 2.45) is 44.7 Å². The summed E-state index contributed by atoms with van der Waals surface area (Å²) in [6.07, 6.45) is 2.50. The van der Waals surface area contributed by atoms with Gasteiger partial charge in [0.15, 0.2) is 0 Å². The fourth-order valence-electron chi connectivity index (χ4n) is 8.73. The molecule has 8 fully saturated rings. The summed E-state index contributed by atoms with van der Waals surface area (Å²) in [5.41, 5.74) is 3.38. The smallest absolute Gasteiger partial charge is 0.0549 e. The second-order valence-corrected chi connectivity index (χ2v) is 13.1. The topological polar surface area (TPSA) is 37.7 Å². The van der Waals surface area contributed by atoms with Crippen LogP contribution in [0, 0.1) is 34.5 Å². The lowest BCUT2D eigenvalue weighted by molar-refractivity contribution is 0.0980. The zero-order valence-corrected chi connectivity index (χ0v) is 20.9. The van der Waals surface area contributed by atoms with Gasteiger partial charge in [0.25, 0.3) is 0 Å². The Balaban J connectivity index is 1.39. The Morgan fingerprint density at radius 2 is 0.938 bits per heavy atom. The van der Waals surface area contributed by atoms with Crippen LogP contribution in [0.3, 0.4) is 0 Å². The van der Waals surface area contributed by atoms with Crippen LogP contribution in [0.4, 0.5) is 0 Å². The molecule has 8 heterocycles. The first kappa shape index (κ1) is 21.7. The van der Waals surface area contributed by atoms with Crippen molar-refractivity contribution in [3.63, 3.8) is 0 Å². The first-order chi connectivity index (χ1) is 15.3. The van der Waals surface area contributed by atoms with Crippen LogP contribution < -0.4 is 0 Å². The van der Waals surface area contributed by atoms with Crippen molar-refractivity contribution in [2.45, 2.75) is 40.5 Å². The van der Waals surface area contributed by atoms with E-state index in [2.05, 4.69) is 47.3 Å². The van der Waals surface area contributed by atoms with E-state index in [1.54, 1.807) is 0 Å². The second-order valence-electron chi connectivity index (χ2n) is 13.1. The highest BCUT2D eigenvalue weighted by Gasteiger charge is 2.54. The van der Waals surface area contributed by atoms with Gasteiger partial charge >= 0.3 is 0 Å². The molecule has 4 atom stereocenters. The molecule has 0 aromatic rings. The molecule has 4 unspecified atom stereocenters. The summed E-state index contributed by atoms with van der Waals surface area (Å²) in [4.78, 5) is 10.9. The highest BCUT2D eigenvalue weighted by molar-refractivity contribution is 5.98. The Morgan fingerprint density at radius 1 is 0.625 bits per heavy atom. The van der Waals surface area contributed by atoms with Gasteiger partial charge < -0.3 is 19.6 Å². The van der Waals surface area contributed by atoms with Crippen LogP contribution in [0.5, 0.6) is 0 Å². The molecule has 0 saturated carbocycles. The predicted octanol–water partition coefficient (Wildman–Crippen LogP) is 2.37. The van der Waals surface area contributed by atoms with Gasteiger partial charge in [-0.25, -0.2) is 0 Å². The third-order valence-electron chi connectivity index (χ3n) is 9.21. The zero-order chi connectivity index (χ0) is 22.1. The number of piperidine rings is 4. The van der Waals surface area contributed by atoms with Crippen molar-refractivity contribution in [3.8, 4) is 0 Å². The minimum Gasteiger partial charge on any atom is -0.300 e. The summed E-state index contributed by atoms with van der Waals surface area (Å²) < 4.78 is 0. The molecule has 8 aliphatic heterocycles. The van der Waals surface area contributed by atoms with E-state index in [9.17, 15) is 0 Å². The van der Waals surface area contributed by atoms with Gasteiger partial charge in [-0.15, -0.1) is 0 Å². The number of rotatable bonds is 5. The average molecular weight is 441 g/mol. The van der Waals surface area contributed by atoms with Crippen molar-refractivity contribution >= 4 is 11.4 Å². The van der Waals surface area contributed by atoms with Crippen LogP contribution >= 0.6 is 0 Å². The zero-order valence-electron chi connectivity index (χ0n) is 20.9. The van der Waals surface area contributed by atoms with E-state index in [1.165, 1.54) is 103 Å². The quantitative estimate of drug-likeness (QED) is 0.615. The minimum absolute atomic E-state index is 0.219. The largest absolute Gasteiger partial charge is 0.300 e. The molecule has 0 amide bonds. The van der Waals surface area contributed by atoms with Crippen molar-refractivity contribution in [1.82, 2.24) is 19.6 Å². The molecule has 32 heavy (non-hydrogen) atoms. The lowest BCUT2D eigenvalue weighted by Crippen LogP contribution is -2.62. The lowest BCUT2D eigenvalue weighted by atomic mass is 9.66. The fraction of sp³-hybridized carbons (Fsp3) is 0.923. The SMILES string of the molecule is CC(C)CC12CN3CCN(CC(C3)/C1=N/N=C1/C3CN4CCN(C3)CC1(CC(C)C)C4)C2. The van der Waals surface area contributed by atoms with Crippen LogP contribution in [0.25, 0.3) is 0 Å². The average Bonchev–Trinajstić information content (AvgIpc) is 3.06. The van der Waals surface area contributed by atoms with Crippen LogP contribution in [0.15, 0.2) is 10.2 Å². The molecule has 6 heteroatoms. The molecule has 0 aromatic heterocycles. The van der Waals surface area contributed by atoms with Gasteiger partial charge in [0.1, 0.15) is 0 Å². The summed E-state index contributed by atoms with van der Waals surface area (Å²) in [5.74, 6) is 2.56. The summed E-state index contributed by atoms with van der Waals surface area (Å²) in [5, 5.41) is 10.7. The monoisotopic (exact) mass is 440 g/mol. The van der Waals surface area contributed by atoms with E-state index in [1.807, 2.05) is 0 Å². The van der Waals surface area contributed by atoms with Crippen molar-refractivity contribution in [3.05, 3.63) is 0 Å². The van der Waals surface area contributed by atoms with Crippen molar-refractivity contribution < 1.29 is 0 Å². The summed E-state index contributed by atoms with van der Waals surface area (Å²) in [7, 11) is 0. The van der Waals surface area contributed by atoms with Crippen molar-refractivity contribution in [2.75, 3.05) is 78.5 Å². The predicted molar refractivity (Wildman–Crippen MR) is 131 cm³/mol. The Bertz CT molecular complexity index is 702. The molecule has 8 saturated heterocycles. The third kappa shape index (κ3) is 3.60. The van der Waals surface area contributed by atoms with E-state index < -0.39 is 0 Å². The summed E-state index contributed by atoms with van der Waals surface area (Å²) >= 11 is 0. The van der Waals surface area contributed by atoms with Crippen LogP contribution in [0.2, 0.25) is 0 Å². The maximum absolute atomic E-state index is 5.33. The molecule has 0 N–H and O–H groups in total. The van der Waals surface area contributed by atoms with E-state index in [4.69, 9.17) is 10.2 Å². The highest BCUT2D eigenvalue weighted by Crippen LogP contribution is 2.45. The molecular formula is C26H44N6. The molecule has 8 aliphatic rings. The van der Waals surface area contributed by atoms with E-state index in [0.717, 1.165) is 0 Å². The molecule has 0 aromatic carbocycles. The molecule has 8 rings (SSSR count). The molecule has 0 radical (unpaired) electrons. The molecule has 0 spiro atoms. The van der Waals surface area contributed by atoms with Crippen LogP contribution in [-0.2, 0) is 0 Å². The Morgan fingerprint density at radius 3 is 1.22 bits per heavy atom. The molecule has 178 valence electrons. The fourth-order valence-corrected chi connectivity index (χ4v) is 8.73. The number of nitrogens with zero attached hydrogens (tertiary/aromatic N) is 6. The Labute approximate surface area is 195 Å². The number of fused-ring (bicyclic) bond motifs is 2. The van der Waals surface area contributed by atoms with Gasteiger partial charge in [0.05, 0.1) is 11.4 Å². The van der Waals surface area contributed by atoms with Gasteiger partial charge in [-0.05, 0) is 24.7 Å². The van der Waals surface area contributed by atoms with Crippen LogP contribution in [-0.4, -0.2) is 110 Å². The van der Waals surface area contributed by atoms with Gasteiger partial charge in [-0.3, -0.25) is 0 Å². The van der Waals surface area contributed by atoms with Gasteiger partial charge in [-0.1, -0.05) is 27.7 Å². The van der Waals surface area contributed by atoms with Crippen molar-refractivity contribution in [1.29, 1.82) is 0 Å². The number of hydrogen-bond donors (Lipinski definition) is 0. The van der Waals surface area contributed by atoms with E-state index >= 15 is 0 Å². The number of hydrogen-bond acceptors (Lipinski definition) is 6. The van der Waals surface area contributed by atoms with E-state index in [-0.39, 0.29) is 10.8 Å². The van der Waals surface area contributed by atoms with Gasteiger partial charge in [-0.2, -0.15) is 10.2 Å². The normalized spacial score (nSPS) is 49.6. The maximum Gasteiger partial charge on any atom is 0.0549 e. The minimum atomic E-state index is 0.219.